The van der Waals surface area contributed by atoms with Gasteiger partial charge in [0.2, 0.25) is 0 Å². The Morgan fingerprint density at radius 2 is 2.33 bits per heavy atom. The van der Waals surface area contributed by atoms with Crippen LogP contribution in [0.2, 0.25) is 0 Å². The topological polar surface area (TPSA) is 68.3 Å². The monoisotopic (exact) mass is 207 g/mol. The van der Waals surface area contributed by atoms with E-state index in [1.54, 1.807) is 0 Å². The Morgan fingerprint density at radius 1 is 1.60 bits per heavy atom. The first-order chi connectivity index (χ1) is 7.09. The summed E-state index contributed by atoms with van der Waals surface area (Å²) < 4.78 is 12.5. The molecule has 0 saturated heterocycles. The zero-order valence-electron chi connectivity index (χ0n) is 8.14. The van der Waals surface area contributed by atoms with E-state index in [1.807, 2.05) is 0 Å². The summed E-state index contributed by atoms with van der Waals surface area (Å²) in [5.74, 6) is -0.301. The number of ketones is 1. The number of aromatic nitrogens is 1. The molecule has 0 bridgehead atoms. The summed E-state index contributed by atoms with van der Waals surface area (Å²) in [6, 6.07) is 2.67. The van der Waals surface area contributed by atoms with Crippen molar-refractivity contribution in [3.05, 3.63) is 35.9 Å². The molecule has 0 fully saturated rings. The maximum Gasteiger partial charge on any atom is 0.175 e. The fourth-order valence-electron chi connectivity index (χ4n) is 0.756. The molecule has 0 spiro atoms. The molecule has 5 heteroatoms. The highest BCUT2D eigenvalue weighted by Crippen LogP contribution is 2.06. The first-order valence-corrected chi connectivity index (χ1v) is 4.22. The van der Waals surface area contributed by atoms with Crippen molar-refractivity contribution in [3.63, 3.8) is 0 Å². The standard InChI is InChI=1S/C10H10FN3O/c1-7(15)9(12)4-5-13-10-3-2-8(11)6-14-10/h2-6H,12H2,1H3. The minimum absolute atomic E-state index is 0.112. The Bertz CT molecular complexity index is 409. The zero-order chi connectivity index (χ0) is 11.3. The molecule has 0 unspecified atom stereocenters. The van der Waals surface area contributed by atoms with Gasteiger partial charge >= 0.3 is 0 Å². The van der Waals surface area contributed by atoms with Crippen LogP contribution >= 0.6 is 0 Å². The van der Waals surface area contributed by atoms with E-state index < -0.39 is 5.82 Å². The molecular formula is C10H10FN3O. The van der Waals surface area contributed by atoms with Gasteiger partial charge in [0, 0.05) is 13.1 Å². The van der Waals surface area contributed by atoms with Gasteiger partial charge in [0.1, 0.15) is 5.82 Å². The molecule has 0 aliphatic carbocycles. The highest BCUT2D eigenvalue weighted by Gasteiger charge is 1.94. The van der Waals surface area contributed by atoms with E-state index in [0.717, 1.165) is 6.20 Å². The molecule has 15 heavy (non-hydrogen) atoms. The summed E-state index contributed by atoms with van der Waals surface area (Å²) in [5, 5.41) is 0. The number of hydrogen-bond donors (Lipinski definition) is 1. The number of pyridine rings is 1. The van der Waals surface area contributed by atoms with Gasteiger partial charge in [0.05, 0.1) is 11.9 Å². The number of Topliss-reactive ketones (excluding diaryl/α,β-unsaturated/α-hetero) is 1. The molecule has 0 radical (unpaired) electrons. The van der Waals surface area contributed by atoms with Gasteiger partial charge in [-0.05, 0) is 18.2 Å². The van der Waals surface area contributed by atoms with Gasteiger partial charge in [-0.2, -0.15) is 0 Å². The molecule has 78 valence electrons. The average molecular weight is 207 g/mol. The van der Waals surface area contributed by atoms with Crippen molar-refractivity contribution in [1.29, 1.82) is 0 Å². The van der Waals surface area contributed by atoms with E-state index in [0.29, 0.717) is 5.82 Å². The van der Waals surface area contributed by atoms with E-state index in [-0.39, 0.29) is 11.5 Å². The molecule has 1 heterocycles. The Hall–Kier alpha value is -2.04. The highest BCUT2D eigenvalue weighted by atomic mass is 19.1. The smallest absolute Gasteiger partial charge is 0.175 e. The summed E-state index contributed by atoms with van der Waals surface area (Å²) in [7, 11) is 0. The van der Waals surface area contributed by atoms with Crippen molar-refractivity contribution >= 4 is 17.8 Å². The highest BCUT2D eigenvalue weighted by molar-refractivity contribution is 5.96. The van der Waals surface area contributed by atoms with E-state index >= 15 is 0 Å². The molecule has 0 aliphatic heterocycles. The van der Waals surface area contributed by atoms with Crippen molar-refractivity contribution in [3.8, 4) is 0 Å². The molecule has 2 N–H and O–H groups in total. The molecule has 0 aliphatic rings. The fourth-order valence-corrected chi connectivity index (χ4v) is 0.756. The van der Waals surface area contributed by atoms with Crippen LogP contribution in [0.3, 0.4) is 0 Å². The predicted octanol–water partition coefficient (Wildman–Crippen LogP) is 1.35. The van der Waals surface area contributed by atoms with Crippen LogP contribution in [0, 0.1) is 5.82 Å². The van der Waals surface area contributed by atoms with Crippen molar-refractivity contribution < 1.29 is 9.18 Å². The first kappa shape index (κ1) is 11.0. The molecule has 0 saturated carbocycles. The third-order valence-electron chi connectivity index (χ3n) is 1.58. The summed E-state index contributed by atoms with van der Waals surface area (Å²) in [6.45, 7) is 1.36. The van der Waals surface area contributed by atoms with Crippen LogP contribution in [0.25, 0.3) is 0 Å². The number of hydrogen-bond acceptors (Lipinski definition) is 4. The number of halogens is 1. The number of carbonyl (C=O) groups excluding carboxylic acids is 1. The molecule has 1 aromatic heterocycles. The Kier molecular flexibility index (Phi) is 3.68. The number of rotatable bonds is 3. The SMILES string of the molecule is CC(=O)C(N)=CC=Nc1ccc(F)cn1. The Labute approximate surface area is 86.3 Å². The van der Waals surface area contributed by atoms with Gasteiger partial charge in [-0.25, -0.2) is 14.4 Å². The van der Waals surface area contributed by atoms with Gasteiger partial charge < -0.3 is 5.73 Å². The van der Waals surface area contributed by atoms with E-state index in [4.69, 9.17) is 5.73 Å². The predicted molar refractivity (Wildman–Crippen MR) is 55.3 cm³/mol. The van der Waals surface area contributed by atoms with Crippen molar-refractivity contribution in [1.82, 2.24) is 4.98 Å². The van der Waals surface area contributed by atoms with Gasteiger partial charge in [-0.3, -0.25) is 4.79 Å². The lowest BCUT2D eigenvalue weighted by molar-refractivity contribution is -0.113. The van der Waals surface area contributed by atoms with Crippen LogP contribution < -0.4 is 5.73 Å². The van der Waals surface area contributed by atoms with Crippen LogP contribution in [-0.4, -0.2) is 17.0 Å². The van der Waals surface area contributed by atoms with Gasteiger partial charge in [-0.1, -0.05) is 0 Å². The maximum absolute atomic E-state index is 12.5. The maximum atomic E-state index is 12.5. The molecule has 0 amide bonds. The second kappa shape index (κ2) is 4.99. The van der Waals surface area contributed by atoms with Crippen LogP contribution in [0.5, 0.6) is 0 Å². The summed E-state index contributed by atoms with van der Waals surface area (Å²) in [6.07, 6.45) is 3.77. The number of aliphatic imine (C=N–C) groups is 1. The van der Waals surface area contributed by atoms with E-state index in [9.17, 15) is 9.18 Å². The average Bonchev–Trinajstić information content (AvgIpc) is 2.20. The molecule has 1 aromatic rings. The van der Waals surface area contributed by atoms with Crippen LogP contribution in [0.4, 0.5) is 10.2 Å². The third-order valence-corrected chi connectivity index (χ3v) is 1.58. The molecular weight excluding hydrogens is 197 g/mol. The molecule has 0 aromatic carbocycles. The minimum Gasteiger partial charge on any atom is -0.396 e. The third kappa shape index (κ3) is 3.68. The molecule has 1 rings (SSSR count). The van der Waals surface area contributed by atoms with Gasteiger partial charge in [0.15, 0.2) is 11.6 Å². The minimum atomic E-state index is -0.423. The summed E-state index contributed by atoms with van der Waals surface area (Å²) in [4.78, 5) is 18.3. The zero-order valence-corrected chi connectivity index (χ0v) is 8.14. The quantitative estimate of drug-likeness (QED) is 0.601. The van der Waals surface area contributed by atoms with Crippen LogP contribution in [-0.2, 0) is 4.79 Å². The Balaban J connectivity index is 2.70. The van der Waals surface area contributed by atoms with Gasteiger partial charge in [0.25, 0.3) is 0 Å². The van der Waals surface area contributed by atoms with E-state index in [2.05, 4.69) is 9.98 Å². The van der Waals surface area contributed by atoms with Gasteiger partial charge in [-0.15, -0.1) is 0 Å². The Morgan fingerprint density at radius 3 is 2.87 bits per heavy atom. The second-order valence-corrected chi connectivity index (χ2v) is 2.79. The lowest BCUT2D eigenvalue weighted by Crippen LogP contribution is -2.06. The normalized spacial score (nSPS) is 12.0. The summed E-state index contributed by atoms with van der Waals surface area (Å²) >= 11 is 0. The lowest BCUT2D eigenvalue weighted by Gasteiger charge is -1.91. The van der Waals surface area contributed by atoms with Crippen LogP contribution in [0.1, 0.15) is 6.92 Å². The number of nitrogens with zero attached hydrogens (tertiary/aromatic N) is 2. The number of allylic oxidation sites excluding steroid dienone is 2. The second-order valence-electron chi connectivity index (χ2n) is 2.79. The van der Waals surface area contributed by atoms with Crippen molar-refractivity contribution in [2.75, 3.05) is 0 Å². The summed E-state index contributed by atoms with van der Waals surface area (Å²) in [5.41, 5.74) is 5.46. The fraction of sp³-hybridized carbons (Fsp3) is 0.100. The van der Waals surface area contributed by atoms with Crippen molar-refractivity contribution in [2.45, 2.75) is 6.92 Å². The first-order valence-electron chi connectivity index (χ1n) is 4.22. The molecule has 4 nitrogen and oxygen atoms in total. The number of carbonyl (C=O) groups is 1. The van der Waals surface area contributed by atoms with Crippen LogP contribution in [0.15, 0.2) is 35.1 Å². The number of nitrogens with two attached hydrogens (primary N) is 1. The van der Waals surface area contributed by atoms with E-state index in [1.165, 1.54) is 31.3 Å². The largest absolute Gasteiger partial charge is 0.396 e. The van der Waals surface area contributed by atoms with Crippen molar-refractivity contribution in [2.24, 2.45) is 10.7 Å². The molecule has 0 atom stereocenters. The lowest BCUT2D eigenvalue weighted by atomic mass is 10.3.